The Kier molecular flexibility index (Phi) is 5.73. The Hall–Kier alpha value is -3.01. The number of hydrogen-bond acceptors (Lipinski definition) is 6. The molecule has 8 rings (SSSR count). The molecule has 4 aliphatic heterocycles. The van der Waals surface area contributed by atoms with Crippen molar-refractivity contribution in [3.05, 3.63) is 47.1 Å². The lowest BCUT2D eigenvalue weighted by Crippen LogP contribution is -2.51. The van der Waals surface area contributed by atoms with E-state index in [1.807, 2.05) is 6.07 Å². The number of anilines is 1. The Morgan fingerprint density at radius 3 is 2.58 bits per heavy atom. The van der Waals surface area contributed by atoms with E-state index in [0.29, 0.717) is 46.1 Å². The average molecular weight is 565 g/mol. The number of nitrogens with zero attached hydrogens (tertiary/aromatic N) is 4. The fraction of sp³-hybridized carbons (Fsp3) is 0.467. The van der Waals surface area contributed by atoms with Crippen molar-refractivity contribution in [2.45, 2.75) is 56.1 Å². The van der Waals surface area contributed by atoms with Crippen LogP contribution in [-0.4, -0.2) is 70.3 Å². The van der Waals surface area contributed by atoms with Crippen molar-refractivity contribution in [2.24, 2.45) is 0 Å². The van der Waals surface area contributed by atoms with Gasteiger partial charge in [0.05, 0.1) is 16.1 Å². The first-order chi connectivity index (χ1) is 19.5. The maximum Gasteiger partial charge on any atom is 0.319 e. The van der Waals surface area contributed by atoms with Crippen LogP contribution in [0.4, 0.5) is 14.6 Å². The Labute approximate surface area is 235 Å². The summed E-state index contributed by atoms with van der Waals surface area (Å²) in [5.74, 6) is -0.196. The summed E-state index contributed by atoms with van der Waals surface area (Å²) in [5.41, 5.74) is 1.68. The van der Waals surface area contributed by atoms with E-state index in [4.69, 9.17) is 21.3 Å². The van der Waals surface area contributed by atoms with E-state index in [1.165, 1.54) is 25.0 Å². The molecule has 4 aromatic rings. The van der Waals surface area contributed by atoms with E-state index >= 15 is 4.39 Å². The first-order valence-electron chi connectivity index (χ1n) is 14.3. The second kappa shape index (κ2) is 9.26. The van der Waals surface area contributed by atoms with Gasteiger partial charge < -0.3 is 19.9 Å². The number of ether oxygens (including phenoxy) is 1. The van der Waals surface area contributed by atoms with Crippen molar-refractivity contribution >= 4 is 39.2 Å². The monoisotopic (exact) mass is 564 g/mol. The molecule has 2 aromatic carbocycles. The van der Waals surface area contributed by atoms with Gasteiger partial charge in [-0.1, -0.05) is 17.7 Å². The van der Waals surface area contributed by atoms with Crippen LogP contribution in [0.2, 0.25) is 5.02 Å². The van der Waals surface area contributed by atoms with Gasteiger partial charge >= 0.3 is 6.01 Å². The normalized spacial score (nSPS) is 23.9. The van der Waals surface area contributed by atoms with Gasteiger partial charge in [0, 0.05) is 53.3 Å². The number of aromatic nitrogens is 3. The van der Waals surface area contributed by atoms with Crippen LogP contribution < -0.4 is 15.0 Å². The molecule has 0 radical (unpaired) electrons. The molecule has 2 bridgehead atoms. The molecule has 0 spiro atoms. The highest BCUT2D eigenvalue weighted by atomic mass is 35.5. The third-order valence-corrected chi connectivity index (χ3v) is 9.85. The molecule has 10 heteroatoms. The Bertz CT molecular complexity index is 1620. The minimum atomic E-state index is -0.466. The third kappa shape index (κ3) is 3.89. The fourth-order valence-electron chi connectivity index (χ4n) is 7.66. The smallest absolute Gasteiger partial charge is 0.319 e. The summed E-state index contributed by atoms with van der Waals surface area (Å²) in [5, 5.41) is 5.13. The van der Waals surface area contributed by atoms with Crippen LogP contribution in [-0.2, 0) is 0 Å². The van der Waals surface area contributed by atoms with Crippen LogP contribution in [0.3, 0.4) is 0 Å². The van der Waals surface area contributed by atoms with Gasteiger partial charge in [0.25, 0.3) is 0 Å². The van der Waals surface area contributed by atoms with E-state index in [1.54, 1.807) is 12.3 Å². The predicted molar refractivity (Wildman–Crippen MR) is 152 cm³/mol. The number of H-pyrrole nitrogens is 1. The van der Waals surface area contributed by atoms with E-state index in [9.17, 15) is 4.39 Å². The molecular formula is C30H31ClF2N6O. The van der Waals surface area contributed by atoms with Crippen LogP contribution in [0.1, 0.15) is 38.5 Å². The zero-order valence-corrected chi connectivity index (χ0v) is 22.9. The van der Waals surface area contributed by atoms with Crippen LogP contribution in [0, 0.1) is 11.6 Å². The number of piperazine rings is 1. The second-order valence-corrected chi connectivity index (χ2v) is 12.3. The van der Waals surface area contributed by atoms with Crippen LogP contribution in [0.25, 0.3) is 32.9 Å². The summed E-state index contributed by atoms with van der Waals surface area (Å²) in [6.45, 7) is 4.34. The maximum absolute atomic E-state index is 16.5. The third-order valence-electron chi connectivity index (χ3n) is 9.55. The summed E-state index contributed by atoms with van der Waals surface area (Å²) >= 11 is 6.42. The number of benzene rings is 2. The fourth-order valence-corrected chi connectivity index (χ4v) is 7.97. The summed E-state index contributed by atoms with van der Waals surface area (Å²) in [4.78, 5) is 17.4. The lowest BCUT2D eigenvalue weighted by atomic mass is 9.95. The van der Waals surface area contributed by atoms with E-state index in [0.717, 1.165) is 57.7 Å². The highest BCUT2D eigenvalue weighted by Crippen LogP contribution is 2.41. The molecule has 4 saturated heterocycles. The highest BCUT2D eigenvalue weighted by Gasteiger charge is 2.45. The maximum atomic E-state index is 16.5. The largest absolute Gasteiger partial charge is 0.461 e. The van der Waals surface area contributed by atoms with E-state index in [-0.39, 0.29) is 22.1 Å². The van der Waals surface area contributed by atoms with Gasteiger partial charge in [-0.15, -0.1) is 0 Å². The first kappa shape index (κ1) is 24.8. The molecule has 40 heavy (non-hydrogen) atoms. The van der Waals surface area contributed by atoms with Gasteiger partial charge in [0.1, 0.15) is 23.8 Å². The van der Waals surface area contributed by atoms with Gasteiger partial charge in [-0.05, 0) is 69.8 Å². The molecule has 0 aliphatic carbocycles. The minimum absolute atomic E-state index is 0.0308. The predicted octanol–water partition coefficient (Wildman–Crippen LogP) is 5.66. The molecule has 4 fully saturated rings. The number of fused-ring (bicyclic) bond motifs is 5. The van der Waals surface area contributed by atoms with Gasteiger partial charge in [0.2, 0.25) is 0 Å². The summed E-state index contributed by atoms with van der Waals surface area (Å²) < 4.78 is 36.8. The molecule has 0 amide bonds. The van der Waals surface area contributed by atoms with Gasteiger partial charge in [-0.3, -0.25) is 4.90 Å². The molecule has 4 aliphatic rings. The Morgan fingerprint density at radius 2 is 1.80 bits per heavy atom. The molecule has 6 heterocycles. The van der Waals surface area contributed by atoms with Crippen LogP contribution in [0.5, 0.6) is 6.01 Å². The standard InChI is InChI=1S/C30H31ClF2N6O/c31-23-11-17(32)12-24-25(23)22(13-34-24)20-5-6-21-27(26(20)33)36-29(40-16-30-7-1-9-39(30)10-2-8-30)37-28(21)38-14-18-3-4-19(15-38)35-18/h5-6,11-13,18-19,34-35H,1-4,7-10,14-16H2. The van der Waals surface area contributed by atoms with Gasteiger partial charge in [0.15, 0.2) is 5.82 Å². The van der Waals surface area contributed by atoms with Crippen molar-refractivity contribution in [1.29, 1.82) is 0 Å². The van der Waals surface area contributed by atoms with E-state index in [2.05, 4.69) is 25.1 Å². The topological polar surface area (TPSA) is 69.3 Å². The zero-order valence-electron chi connectivity index (χ0n) is 22.2. The Balaban J connectivity index is 1.24. The van der Waals surface area contributed by atoms with Gasteiger partial charge in [-0.2, -0.15) is 9.97 Å². The summed E-state index contributed by atoms with van der Waals surface area (Å²) in [6.07, 6.45) is 8.49. The number of nitrogens with one attached hydrogen (secondary N) is 2. The molecule has 0 saturated carbocycles. The van der Waals surface area contributed by atoms with Gasteiger partial charge in [-0.25, -0.2) is 8.78 Å². The van der Waals surface area contributed by atoms with Crippen molar-refractivity contribution in [3.8, 4) is 17.1 Å². The highest BCUT2D eigenvalue weighted by molar-refractivity contribution is 6.36. The lowest BCUT2D eigenvalue weighted by Gasteiger charge is -2.34. The molecule has 7 nitrogen and oxygen atoms in total. The molecule has 2 aromatic heterocycles. The van der Waals surface area contributed by atoms with Crippen molar-refractivity contribution < 1.29 is 13.5 Å². The van der Waals surface area contributed by atoms with Crippen molar-refractivity contribution in [2.75, 3.05) is 37.7 Å². The first-order valence-corrected chi connectivity index (χ1v) is 14.7. The minimum Gasteiger partial charge on any atom is -0.461 e. The molecule has 2 unspecified atom stereocenters. The quantitative estimate of drug-likeness (QED) is 0.326. The average Bonchev–Trinajstić information content (AvgIpc) is 3.71. The summed E-state index contributed by atoms with van der Waals surface area (Å²) in [6, 6.07) is 7.27. The van der Waals surface area contributed by atoms with Crippen LogP contribution in [0.15, 0.2) is 30.5 Å². The number of rotatable bonds is 5. The number of halogens is 3. The molecule has 2 atom stereocenters. The van der Waals surface area contributed by atoms with Crippen molar-refractivity contribution in [3.63, 3.8) is 0 Å². The second-order valence-electron chi connectivity index (χ2n) is 11.9. The summed E-state index contributed by atoms with van der Waals surface area (Å²) in [7, 11) is 0. The molecule has 208 valence electrons. The molecular weight excluding hydrogens is 534 g/mol. The number of aromatic amines is 1. The van der Waals surface area contributed by atoms with E-state index < -0.39 is 11.6 Å². The lowest BCUT2D eigenvalue weighted by molar-refractivity contribution is 0.108. The SMILES string of the molecule is Fc1cc(Cl)c2c(-c3ccc4c(N5CC6CCC(C5)N6)nc(OCC56CCCN5CCC6)nc4c3F)c[nH]c2c1. The van der Waals surface area contributed by atoms with Crippen LogP contribution >= 0.6 is 11.6 Å². The number of hydrogen-bond donors (Lipinski definition) is 2. The Morgan fingerprint density at radius 1 is 1.02 bits per heavy atom. The van der Waals surface area contributed by atoms with Crippen molar-refractivity contribution in [1.82, 2.24) is 25.2 Å². The molecule has 2 N–H and O–H groups in total. The zero-order chi connectivity index (χ0) is 27.0.